The molecule has 2 nitrogen and oxygen atoms in total. The van der Waals surface area contributed by atoms with E-state index in [1.807, 2.05) is 6.08 Å². The summed E-state index contributed by atoms with van der Waals surface area (Å²) in [6.07, 6.45) is 6.48. The van der Waals surface area contributed by atoms with Crippen LogP contribution in [0.25, 0.3) is 0 Å². The summed E-state index contributed by atoms with van der Waals surface area (Å²) in [5.41, 5.74) is -0.450. The first kappa shape index (κ1) is 8.47. The SMILES string of the molecule is CC(=O)C1(CO)CC=CCC1. The van der Waals surface area contributed by atoms with Crippen LogP contribution in [0.2, 0.25) is 0 Å². The summed E-state index contributed by atoms with van der Waals surface area (Å²) in [6, 6.07) is 0. The molecule has 1 rings (SSSR count). The Hall–Kier alpha value is -0.630. The first-order valence-corrected chi connectivity index (χ1v) is 3.98. The van der Waals surface area contributed by atoms with Crippen LogP contribution in [0.5, 0.6) is 0 Å². The number of carbonyl (C=O) groups is 1. The van der Waals surface area contributed by atoms with E-state index in [1.165, 1.54) is 0 Å². The summed E-state index contributed by atoms with van der Waals surface area (Å²) in [5, 5.41) is 9.06. The van der Waals surface area contributed by atoms with Gasteiger partial charge in [0.25, 0.3) is 0 Å². The molecule has 0 aromatic carbocycles. The molecule has 0 fully saturated rings. The molecule has 0 saturated heterocycles. The normalized spacial score (nSPS) is 30.4. The molecule has 1 aliphatic carbocycles. The molecule has 0 spiro atoms. The van der Waals surface area contributed by atoms with Gasteiger partial charge < -0.3 is 5.11 Å². The average molecular weight is 154 g/mol. The van der Waals surface area contributed by atoms with Gasteiger partial charge in [-0.05, 0) is 26.2 Å². The highest BCUT2D eigenvalue weighted by molar-refractivity contribution is 5.82. The zero-order valence-electron chi connectivity index (χ0n) is 6.84. The Balaban J connectivity index is 2.75. The van der Waals surface area contributed by atoms with E-state index in [0.29, 0.717) is 6.42 Å². The van der Waals surface area contributed by atoms with Crippen molar-refractivity contribution in [2.45, 2.75) is 26.2 Å². The van der Waals surface area contributed by atoms with Gasteiger partial charge in [-0.1, -0.05) is 12.2 Å². The Morgan fingerprint density at radius 3 is 2.64 bits per heavy atom. The van der Waals surface area contributed by atoms with Gasteiger partial charge in [0, 0.05) is 0 Å². The summed E-state index contributed by atoms with van der Waals surface area (Å²) >= 11 is 0. The zero-order chi connectivity index (χ0) is 8.32. The van der Waals surface area contributed by atoms with Crippen molar-refractivity contribution in [1.82, 2.24) is 0 Å². The van der Waals surface area contributed by atoms with Crippen molar-refractivity contribution >= 4 is 5.78 Å². The Bertz CT molecular complexity index is 184. The second-order valence-corrected chi connectivity index (χ2v) is 3.21. The molecule has 0 heterocycles. The number of aliphatic hydroxyl groups excluding tert-OH is 1. The fourth-order valence-electron chi connectivity index (χ4n) is 1.46. The molecular formula is C9H14O2. The smallest absolute Gasteiger partial charge is 0.138 e. The first-order chi connectivity index (χ1) is 5.21. The van der Waals surface area contributed by atoms with Crippen LogP contribution in [0, 0.1) is 5.41 Å². The maximum atomic E-state index is 11.2. The third kappa shape index (κ3) is 1.51. The minimum absolute atomic E-state index is 0.00727. The summed E-state index contributed by atoms with van der Waals surface area (Å²) < 4.78 is 0. The Kier molecular flexibility index (Phi) is 2.45. The number of hydrogen-bond donors (Lipinski definition) is 1. The lowest BCUT2D eigenvalue weighted by molar-refractivity contribution is -0.129. The number of hydrogen-bond acceptors (Lipinski definition) is 2. The first-order valence-electron chi connectivity index (χ1n) is 3.98. The fourth-order valence-corrected chi connectivity index (χ4v) is 1.46. The molecule has 0 bridgehead atoms. The van der Waals surface area contributed by atoms with E-state index in [0.717, 1.165) is 12.8 Å². The van der Waals surface area contributed by atoms with E-state index in [1.54, 1.807) is 6.92 Å². The number of rotatable bonds is 2. The molecule has 0 aromatic rings. The molecule has 0 aliphatic heterocycles. The molecule has 11 heavy (non-hydrogen) atoms. The average Bonchev–Trinajstić information content (AvgIpc) is 2.05. The standard InChI is InChI=1S/C9H14O2/c1-8(11)9(7-10)5-3-2-4-6-9/h2-3,10H,4-7H2,1H3. The van der Waals surface area contributed by atoms with E-state index in [9.17, 15) is 4.79 Å². The second-order valence-electron chi connectivity index (χ2n) is 3.21. The quantitative estimate of drug-likeness (QED) is 0.608. The minimum Gasteiger partial charge on any atom is -0.395 e. The number of carbonyl (C=O) groups excluding carboxylic acids is 1. The maximum absolute atomic E-state index is 11.2. The molecule has 1 atom stereocenters. The number of aliphatic hydroxyl groups is 1. The highest BCUT2D eigenvalue weighted by Gasteiger charge is 2.33. The molecule has 0 amide bonds. The van der Waals surface area contributed by atoms with Crippen molar-refractivity contribution in [1.29, 1.82) is 0 Å². The van der Waals surface area contributed by atoms with Gasteiger partial charge in [0.15, 0.2) is 0 Å². The number of allylic oxidation sites excluding steroid dienone is 2. The summed E-state index contributed by atoms with van der Waals surface area (Å²) in [5.74, 6) is 0.115. The number of ketones is 1. The van der Waals surface area contributed by atoms with E-state index in [2.05, 4.69) is 6.08 Å². The van der Waals surface area contributed by atoms with Crippen molar-refractivity contribution in [2.75, 3.05) is 6.61 Å². The summed E-state index contributed by atoms with van der Waals surface area (Å²) in [4.78, 5) is 11.2. The molecule has 1 aliphatic rings. The van der Waals surface area contributed by atoms with Crippen molar-refractivity contribution in [3.8, 4) is 0 Å². The van der Waals surface area contributed by atoms with Gasteiger partial charge in [-0.25, -0.2) is 0 Å². The third-order valence-electron chi connectivity index (χ3n) is 2.51. The molecular weight excluding hydrogens is 140 g/mol. The fraction of sp³-hybridized carbons (Fsp3) is 0.667. The van der Waals surface area contributed by atoms with E-state index >= 15 is 0 Å². The highest BCUT2D eigenvalue weighted by Crippen LogP contribution is 2.32. The van der Waals surface area contributed by atoms with E-state index in [-0.39, 0.29) is 12.4 Å². The van der Waals surface area contributed by atoms with Gasteiger partial charge in [-0.2, -0.15) is 0 Å². The maximum Gasteiger partial charge on any atom is 0.138 e. The van der Waals surface area contributed by atoms with Crippen LogP contribution in [0.15, 0.2) is 12.2 Å². The van der Waals surface area contributed by atoms with Crippen molar-refractivity contribution in [3.63, 3.8) is 0 Å². The molecule has 0 saturated carbocycles. The minimum atomic E-state index is -0.450. The Morgan fingerprint density at radius 1 is 1.64 bits per heavy atom. The van der Waals surface area contributed by atoms with Crippen molar-refractivity contribution < 1.29 is 9.90 Å². The highest BCUT2D eigenvalue weighted by atomic mass is 16.3. The lowest BCUT2D eigenvalue weighted by atomic mass is 9.75. The summed E-state index contributed by atoms with van der Waals surface area (Å²) in [7, 11) is 0. The predicted molar refractivity (Wildman–Crippen MR) is 43.2 cm³/mol. The Labute approximate surface area is 66.9 Å². The lowest BCUT2D eigenvalue weighted by Crippen LogP contribution is -2.33. The molecule has 0 aromatic heterocycles. The van der Waals surface area contributed by atoms with E-state index in [4.69, 9.17) is 5.11 Å². The third-order valence-corrected chi connectivity index (χ3v) is 2.51. The second kappa shape index (κ2) is 3.18. The molecule has 0 radical (unpaired) electrons. The largest absolute Gasteiger partial charge is 0.395 e. The molecule has 62 valence electrons. The monoisotopic (exact) mass is 154 g/mol. The van der Waals surface area contributed by atoms with Crippen LogP contribution in [0.3, 0.4) is 0 Å². The van der Waals surface area contributed by atoms with Crippen LogP contribution < -0.4 is 0 Å². The van der Waals surface area contributed by atoms with Gasteiger partial charge >= 0.3 is 0 Å². The van der Waals surface area contributed by atoms with E-state index < -0.39 is 5.41 Å². The topological polar surface area (TPSA) is 37.3 Å². The summed E-state index contributed by atoms with van der Waals surface area (Å²) in [6.45, 7) is 1.56. The molecule has 2 heteroatoms. The molecule has 1 N–H and O–H groups in total. The van der Waals surface area contributed by atoms with Crippen LogP contribution >= 0.6 is 0 Å². The van der Waals surface area contributed by atoms with Crippen molar-refractivity contribution in [3.05, 3.63) is 12.2 Å². The van der Waals surface area contributed by atoms with Gasteiger partial charge in [-0.3, -0.25) is 4.79 Å². The van der Waals surface area contributed by atoms with Crippen LogP contribution in [0.4, 0.5) is 0 Å². The van der Waals surface area contributed by atoms with Crippen LogP contribution in [-0.4, -0.2) is 17.5 Å². The Morgan fingerprint density at radius 2 is 2.36 bits per heavy atom. The van der Waals surface area contributed by atoms with Crippen LogP contribution in [-0.2, 0) is 4.79 Å². The zero-order valence-corrected chi connectivity index (χ0v) is 6.84. The van der Waals surface area contributed by atoms with Gasteiger partial charge in [0.05, 0.1) is 12.0 Å². The molecule has 1 unspecified atom stereocenters. The number of Topliss-reactive ketones (excluding diaryl/α,β-unsaturated/α-hetero) is 1. The van der Waals surface area contributed by atoms with Gasteiger partial charge in [0.1, 0.15) is 5.78 Å². The lowest BCUT2D eigenvalue weighted by Gasteiger charge is -2.29. The predicted octanol–water partition coefficient (Wildman–Crippen LogP) is 1.29. The van der Waals surface area contributed by atoms with Crippen molar-refractivity contribution in [2.24, 2.45) is 5.41 Å². The van der Waals surface area contributed by atoms with Gasteiger partial charge in [0.2, 0.25) is 0 Å². The van der Waals surface area contributed by atoms with Gasteiger partial charge in [-0.15, -0.1) is 0 Å². The van der Waals surface area contributed by atoms with Crippen LogP contribution in [0.1, 0.15) is 26.2 Å².